The minimum atomic E-state index is -1.10. The van der Waals surface area contributed by atoms with Crippen LogP contribution >= 0.6 is 0 Å². The minimum Gasteiger partial charge on any atom is -0.481 e. The summed E-state index contributed by atoms with van der Waals surface area (Å²) in [6.45, 7) is -0.832. The standard InChI is InChI=1S/C7H11NO6/c8-3-7(12)14-4-13-6(11)2-1-5(9)10/h1-4,8H2,(H,9,10). The largest absolute Gasteiger partial charge is 0.481 e. The highest BCUT2D eigenvalue weighted by molar-refractivity contribution is 5.76. The minimum absolute atomic E-state index is 0.254. The van der Waals surface area contributed by atoms with Crippen LogP contribution < -0.4 is 5.73 Å². The van der Waals surface area contributed by atoms with Gasteiger partial charge in [0, 0.05) is 0 Å². The van der Waals surface area contributed by atoms with Gasteiger partial charge in [0.2, 0.25) is 6.79 Å². The van der Waals surface area contributed by atoms with E-state index in [2.05, 4.69) is 9.47 Å². The van der Waals surface area contributed by atoms with Crippen LogP contribution in [0.25, 0.3) is 0 Å². The summed E-state index contributed by atoms with van der Waals surface area (Å²) >= 11 is 0. The van der Waals surface area contributed by atoms with Crippen molar-refractivity contribution in [1.29, 1.82) is 0 Å². The molecular weight excluding hydrogens is 194 g/mol. The van der Waals surface area contributed by atoms with Gasteiger partial charge in [-0.2, -0.15) is 0 Å². The second-order valence-electron chi connectivity index (χ2n) is 2.25. The lowest BCUT2D eigenvalue weighted by Crippen LogP contribution is -2.19. The lowest BCUT2D eigenvalue weighted by Gasteiger charge is -2.03. The molecule has 7 heteroatoms. The quantitative estimate of drug-likeness (QED) is 0.415. The highest BCUT2D eigenvalue weighted by Gasteiger charge is 2.07. The molecule has 3 N–H and O–H groups in total. The van der Waals surface area contributed by atoms with Crippen LogP contribution in [0.2, 0.25) is 0 Å². The fourth-order valence-electron chi connectivity index (χ4n) is 0.501. The zero-order valence-electron chi connectivity index (χ0n) is 7.39. The Morgan fingerprint density at radius 1 is 1.07 bits per heavy atom. The monoisotopic (exact) mass is 205 g/mol. The molecule has 0 saturated carbocycles. The molecule has 0 aromatic carbocycles. The van der Waals surface area contributed by atoms with E-state index in [0.717, 1.165) is 0 Å². The van der Waals surface area contributed by atoms with Crippen molar-refractivity contribution < 1.29 is 29.0 Å². The zero-order chi connectivity index (χ0) is 11.0. The average molecular weight is 205 g/mol. The number of hydrogen-bond donors (Lipinski definition) is 2. The molecule has 80 valence electrons. The van der Waals surface area contributed by atoms with Crippen LogP contribution in [-0.2, 0) is 23.9 Å². The number of ether oxygens (including phenoxy) is 2. The van der Waals surface area contributed by atoms with Gasteiger partial charge in [-0.3, -0.25) is 14.4 Å². The predicted octanol–water partition coefficient (Wildman–Crippen LogP) is -1.15. The van der Waals surface area contributed by atoms with Gasteiger partial charge in [-0.15, -0.1) is 0 Å². The van der Waals surface area contributed by atoms with Gasteiger partial charge in [0.1, 0.15) is 0 Å². The van der Waals surface area contributed by atoms with Gasteiger partial charge in [0.25, 0.3) is 0 Å². The van der Waals surface area contributed by atoms with Crippen molar-refractivity contribution in [3.63, 3.8) is 0 Å². The smallest absolute Gasteiger partial charge is 0.322 e. The number of carbonyl (C=O) groups is 3. The van der Waals surface area contributed by atoms with Crippen molar-refractivity contribution in [2.45, 2.75) is 12.8 Å². The molecule has 0 spiro atoms. The molecule has 0 heterocycles. The normalized spacial score (nSPS) is 9.21. The Morgan fingerprint density at radius 3 is 2.14 bits per heavy atom. The summed E-state index contributed by atoms with van der Waals surface area (Å²) in [4.78, 5) is 31.2. The molecule has 0 aromatic heterocycles. The van der Waals surface area contributed by atoms with Crippen LogP contribution in [-0.4, -0.2) is 36.4 Å². The third kappa shape index (κ3) is 7.04. The van der Waals surface area contributed by atoms with Crippen molar-refractivity contribution in [3.05, 3.63) is 0 Å². The van der Waals surface area contributed by atoms with Crippen LogP contribution in [0, 0.1) is 0 Å². The fraction of sp³-hybridized carbons (Fsp3) is 0.571. The number of carboxylic acids is 1. The van der Waals surface area contributed by atoms with E-state index in [0.29, 0.717) is 0 Å². The van der Waals surface area contributed by atoms with Gasteiger partial charge in [-0.25, -0.2) is 0 Å². The van der Waals surface area contributed by atoms with Crippen molar-refractivity contribution >= 4 is 17.9 Å². The third-order valence-electron chi connectivity index (χ3n) is 1.15. The topological polar surface area (TPSA) is 116 Å². The lowest BCUT2D eigenvalue weighted by molar-refractivity contribution is -0.167. The summed E-state index contributed by atoms with van der Waals surface area (Å²) in [6, 6.07) is 0. The van der Waals surface area contributed by atoms with E-state index in [9.17, 15) is 14.4 Å². The molecular formula is C7H11NO6. The highest BCUT2D eigenvalue weighted by atomic mass is 16.7. The molecule has 0 aromatic rings. The Bertz CT molecular complexity index is 226. The first-order chi connectivity index (χ1) is 6.56. The second-order valence-corrected chi connectivity index (χ2v) is 2.25. The number of carbonyl (C=O) groups excluding carboxylic acids is 2. The highest BCUT2D eigenvalue weighted by Crippen LogP contribution is 1.93. The Kier molecular flexibility index (Phi) is 6.04. The van der Waals surface area contributed by atoms with E-state index < -0.39 is 24.7 Å². The number of esters is 2. The van der Waals surface area contributed by atoms with Gasteiger partial charge < -0.3 is 20.3 Å². The number of aliphatic carboxylic acids is 1. The van der Waals surface area contributed by atoms with Gasteiger partial charge >= 0.3 is 17.9 Å². The van der Waals surface area contributed by atoms with Crippen LogP contribution in [0.4, 0.5) is 0 Å². The summed E-state index contributed by atoms with van der Waals surface area (Å²) in [5.74, 6) is -2.53. The van der Waals surface area contributed by atoms with Crippen LogP contribution in [0.15, 0.2) is 0 Å². The van der Waals surface area contributed by atoms with E-state index in [4.69, 9.17) is 10.8 Å². The Hall–Kier alpha value is -1.63. The van der Waals surface area contributed by atoms with Crippen molar-refractivity contribution in [2.24, 2.45) is 5.73 Å². The number of nitrogens with two attached hydrogens (primary N) is 1. The van der Waals surface area contributed by atoms with Gasteiger partial charge in [-0.1, -0.05) is 0 Å². The fourth-order valence-corrected chi connectivity index (χ4v) is 0.501. The van der Waals surface area contributed by atoms with Crippen LogP contribution in [0.3, 0.4) is 0 Å². The third-order valence-corrected chi connectivity index (χ3v) is 1.15. The maximum Gasteiger partial charge on any atom is 0.322 e. The first-order valence-electron chi connectivity index (χ1n) is 3.79. The summed E-state index contributed by atoms with van der Waals surface area (Å²) < 4.78 is 8.68. The van der Waals surface area contributed by atoms with Crippen molar-refractivity contribution in [2.75, 3.05) is 13.3 Å². The molecule has 0 radical (unpaired) electrons. The van der Waals surface area contributed by atoms with Crippen molar-refractivity contribution in [3.8, 4) is 0 Å². The summed E-state index contributed by atoms with van der Waals surface area (Å²) in [5.41, 5.74) is 4.89. The lowest BCUT2D eigenvalue weighted by atomic mass is 10.3. The summed E-state index contributed by atoms with van der Waals surface area (Å²) in [6.07, 6.45) is -0.570. The maximum atomic E-state index is 10.7. The average Bonchev–Trinajstić information content (AvgIpc) is 2.14. The number of rotatable bonds is 6. The van der Waals surface area contributed by atoms with E-state index in [1.54, 1.807) is 0 Å². The molecule has 0 amide bonds. The molecule has 0 rings (SSSR count). The maximum absolute atomic E-state index is 10.7. The number of hydrogen-bond acceptors (Lipinski definition) is 6. The zero-order valence-corrected chi connectivity index (χ0v) is 7.39. The second kappa shape index (κ2) is 6.84. The molecule has 0 aliphatic heterocycles. The Balaban J connectivity index is 3.45. The first-order valence-corrected chi connectivity index (χ1v) is 3.79. The Morgan fingerprint density at radius 2 is 1.64 bits per heavy atom. The van der Waals surface area contributed by atoms with E-state index in [1.165, 1.54) is 0 Å². The van der Waals surface area contributed by atoms with E-state index >= 15 is 0 Å². The number of carboxylic acid groups (broad SMARTS) is 1. The molecule has 14 heavy (non-hydrogen) atoms. The van der Waals surface area contributed by atoms with Gasteiger partial charge in [0.15, 0.2) is 0 Å². The molecule has 7 nitrogen and oxygen atoms in total. The summed E-state index contributed by atoms with van der Waals surface area (Å²) in [5, 5.41) is 8.20. The molecule has 0 atom stereocenters. The molecule has 0 fully saturated rings. The Labute approximate surface area is 79.8 Å². The van der Waals surface area contributed by atoms with Gasteiger partial charge in [0.05, 0.1) is 19.4 Å². The molecule has 0 aliphatic carbocycles. The van der Waals surface area contributed by atoms with Crippen molar-refractivity contribution in [1.82, 2.24) is 0 Å². The molecule has 0 aliphatic rings. The van der Waals surface area contributed by atoms with Crippen LogP contribution in [0.5, 0.6) is 0 Å². The molecule has 0 bridgehead atoms. The predicted molar refractivity (Wildman–Crippen MR) is 43.0 cm³/mol. The van der Waals surface area contributed by atoms with E-state index in [-0.39, 0.29) is 19.4 Å². The SMILES string of the molecule is NCC(=O)OCOC(=O)CCC(=O)O. The molecule has 0 unspecified atom stereocenters. The summed E-state index contributed by atoms with van der Waals surface area (Å²) in [7, 11) is 0. The van der Waals surface area contributed by atoms with Crippen LogP contribution in [0.1, 0.15) is 12.8 Å². The first kappa shape index (κ1) is 12.4. The van der Waals surface area contributed by atoms with E-state index in [1.807, 2.05) is 0 Å². The van der Waals surface area contributed by atoms with Gasteiger partial charge in [-0.05, 0) is 0 Å². The molecule has 0 saturated heterocycles.